The molecule has 0 bridgehead atoms. The highest BCUT2D eigenvalue weighted by Crippen LogP contribution is 2.09. The summed E-state index contributed by atoms with van der Waals surface area (Å²) in [5.74, 6) is -4.27. The maximum atomic E-state index is 11.4. The van der Waals surface area contributed by atoms with Gasteiger partial charge in [-0.15, -0.1) is 0 Å². The summed E-state index contributed by atoms with van der Waals surface area (Å²) in [5, 5.41) is 50.0. The SMILES string of the molecule is C.C.CCO.COC(=O)c1ccc(C(=O)OCCO)cc1.O=C(O)c1ccc(C(=O)O)cc1.O=C(OCCO)c1ccc(C(=O)OCCO)cc1. The lowest BCUT2D eigenvalue weighted by molar-refractivity contribution is 0.0422. The fraction of sp³-hybridized carbons (Fsp3) is 0.314. The van der Waals surface area contributed by atoms with E-state index in [0.29, 0.717) is 11.1 Å². The molecule has 0 fully saturated rings. The van der Waals surface area contributed by atoms with Crippen LogP contribution in [-0.2, 0) is 18.9 Å². The lowest BCUT2D eigenvalue weighted by Gasteiger charge is -2.05. The third-order valence-electron chi connectivity index (χ3n) is 5.25. The highest BCUT2D eigenvalue weighted by atomic mass is 16.5. The molecular formula is C35H46O16. The average molecular weight is 723 g/mol. The molecule has 0 saturated carbocycles. The summed E-state index contributed by atoms with van der Waals surface area (Å²) in [6, 6.07) is 16.6. The maximum absolute atomic E-state index is 11.4. The summed E-state index contributed by atoms with van der Waals surface area (Å²) in [5.41, 5.74) is 1.41. The zero-order valence-electron chi connectivity index (χ0n) is 26.6. The van der Waals surface area contributed by atoms with Crippen LogP contribution in [0.2, 0.25) is 0 Å². The predicted molar refractivity (Wildman–Crippen MR) is 183 cm³/mol. The molecule has 0 aliphatic rings. The summed E-state index contributed by atoms with van der Waals surface area (Å²) in [6.45, 7) is 1.05. The van der Waals surface area contributed by atoms with Crippen molar-refractivity contribution in [3.63, 3.8) is 0 Å². The Hall–Kier alpha value is -5.68. The second kappa shape index (κ2) is 29.3. The van der Waals surface area contributed by atoms with Gasteiger partial charge in [-0.1, -0.05) is 14.9 Å². The van der Waals surface area contributed by atoms with Crippen molar-refractivity contribution in [2.75, 3.05) is 53.4 Å². The molecule has 0 saturated heterocycles. The number of carbonyl (C=O) groups excluding carboxylic acids is 4. The highest BCUT2D eigenvalue weighted by Gasteiger charge is 2.11. The predicted octanol–water partition coefficient (Wildman–Crippen LogP) is 2.96. The number of carbonyl (C=O) groups is 6. The van der Waals surface area contributed by atoms with E-state index in [1.165, 1.54) is 79.9 Å². The molecule has 0 amide bonds. The molecule has 0 heterocycles. The lowest BCUT2D eigenvalue weighted by Crippen LogP contribution is -2.11. The Balaban J connectivity index is -0.000000649. The number of aliphatic hydroxyl groups excluding tert-OH is 4. The van der Waals surface area contributed by atoms with Crippen LogP contribution in [0.1, 0.15) is 83.9 Å². The van der Waals surface area contributed by atoms with Crippen molar-refractivity contribution >= 4 is 35.8 Å². The number of ether oxygens (including phenoxy) is 4. The van der Waals surface area contributed by atoms with Crippen LogP contribution in [0, 0.1) is 0 Å². The monoisotopic (exact) mass is 722 g/mol. The molecular weight excluding hydrogens is 676 g/mol. The van der Waals surface area contributed by atoms with Gasteiger partial charge >= 0.3 is 35.8 Å². The molecule has 6 N–H and O–H groups in total. The number of aliphatic hydroxyl groups is 4. The van der Waals surface area contributed by atoms with Crippen LogP contribution < -0.4 is 0 Å². The molecule has 0 atom stereocenters. The van der Waals surface area contributed by atoms with Gasteiger partial charge in [-0.2, -0.15) is 0 Å². The van der Waals surface area contributed by atoms with Gasteiger partial charge in [0.2, 0.25) is 0 Å². The lowest BCUT2D eigenvalue weighted by atomic mass is 10.1. The Morgan fingerprint density at radius 1 is 0.451 bits per heavy atom. The molecule has 0 aliphatic carbocycles. The van der Waals surface area contributed by atoms with E-state index in [1.54, 1.807) is 6.92 Å². The summed E-state index contributed by atoms with van der Waals surface area (Å²) < 4.78 is 18.6. The van der Waals surface area contributed by atoms with Crippen molar-refractivity contribution in [3.8, 4) is 0 Å². The molecule has 16 heteroatoms. The van der Waals surface area contributed by atoms with E-state index in [1.807, 2.05) is 0 Å². The molecule has 0 spiro atoms. The van der Waals surface area contributed by atoms with Crippen LogP contribution in [0.5, 0.6) is 0 Å². The molecule has 3 aromatic carbocycles. The quantitative estimate of drug-likeness (QED) is 0.116. The standard InChI is InChI=1S/C12H14O6.C11H12O5.C8H6O4.C2H6O.2CH4/c13-5-7-17-11(15)9-1-2-10(4-3-9)12(16)18-8-6-14;1-15-10(13)8-2-4-9(5-3-8)11(14)16-7-6-12;9-7(10)5-1-2-6(4-3-5)8(11)12;1-2-3;;/h1-4,13-14H,5-8H2;2-5,12H,6-7H2,1H3;1-4H,(H,9,10)(H,11,12);3H,2H2,1H3;2*1H4. The van der Waals surface area contributed by atoms with Crippen LogP contribution in [0.4, 0.5) is 0 Å². The Morgan fingerprint density at radius 2 is 0.647 bits per heavy atom. The van der Waals surface area contributed by atoms with Crippen LogP contribution in [0.3, 0.4) is 0 Å². The normalized spacial score (nSPS) is 9.06. The number of carboxylic acid groups (broad SMARTS) is 2. The fourth-order valence-electron chi connectivity index (χ4n) is 3.02. The summed E-state index contributed by atoms with van der Waals surface area (Å²) >= 11 is 0. The first-order valence-electron chi connectivity index (χ1n) is 14.2. The minimum Gasteiger partial charge on any atom is -0.478 e. The number of benzene rings is 3. The first-order chi connectivity index (χ1) is 23.4. The van der Waals surface area contributed by atoms with Crippen molar-refractivity contribution < 1.29 is 78.4 Å². The Morgan fingerprint density at radius 3 is 0.824 bits per heavy atom. The minimum absolute atomic E-state index is 0. The number of esters is 4. The van der Waals surface area contributed by atoms with Crippen LogP contribution in [0.25, 0.3) is 0 Å². The fourth-order valence-corrected chi connectivity index (χ4v) is 3.02. The largest absolute Gasteiger partial charge is 0.478 e. The first-order valence-corrected chi connectivity index (χ1v) is 14.2. The molecule has 282 valence electrons. The Bertz CT molecular complexity index is 1380. The number of rotatable bonds is 12. The van der Waals surface area contributed by atoms with E-state index in [-0.39, 0.29) is 83.4 Å². The van der Waals surface area contributed by atoms with Crippen molar-refractivity contribution in [3.05, 3.63) is 106 Å². The molecule has 0 aromatic heterocycles. The molecule has 0 radical (unpaired) electrons. The van der Waals surface area contributed by atoms with Gasteiger partial charge in [0.05, 0.1) is 60.3 Å². The molecule has 51 heavy (non-hydrogen) atoms. The van der Waals surface area contributed by atoms with E-state index in [9.17, 15) is 28.8 Å². The van der Waals surface area contributed by atoms with Gasteiger partial charge in [0, 0.05) is 6.61 Å². The van der Waals surface area contributed by atoms with E-state index in [0.717, 1.165) is 0 Å². The number of methoxy groups -OCH3 is 1. The molecule has 16 nitrogen and oxygen atoms in total. The summed E-state index contributed by atoms with van der Waals surface area (Å²) in [4.78, 5) is 65.8. The van der Waals surface area contributed by atoms with Gasteiger partial charge in [0.25, 0.3) is 0 Å². The van der Waals surface area contributed by atoms with Gasteiger partial charge in [-0.05, 0) is 79.7 Å². The number of carboxylic acids is 2. The molecule has 3 rings (SSSR count). The van der Waals surface area contributed by atoms with Gasteiger partial charge in [0.1, 0.15) is 19.8 Å². The molecule has 0 aliphatic heterocycles. The van der Waals surface area contributed by atoms with Crippen LogP contribution >= 0.6 is 0 Å². The second-order valence-electron chi connectivity index (χ2n) is 8.73. The third kappa shape index (κ3) is 20.4. The van der Waals surface area contributed by atoms with E-state index in [2.05, 4.69) is 4.74 Å². The van der Waals surface area contributed by atoms with E-state index >= 15 is 0 Å². The first kappa shape index (κ1) is 49.7. The maximum Gasteiger partial charge on any atom is 0.338 e. The van der Waals surface area contributed by atoms with Crippen molar-refractivity contribution in [1.29, 1.82) is 0 Å². The average Bonchev–Trinajstić information content (AvgIpc) is 3.12. The summed E-state index contributed by atoms with van der Waals surface area (Å²) in [7, 11) is 1.28. The van der Waals surface area contributed by atoms with Gasteiger partial charge < -0.3 is 49.6 Å². The Labute approximate surface area is 295 Å². The summed E-state index contributed by atoms with van der Waals surface area (Å²) in [6.07, 6.45) is 0. The second-order valence-corrected chi connectivity index (χ2v) is 8.73. The molecule has 0 unspecified atom stereocenters. The van der Waals surface area contributed by atoms with Crippen molar-refractivity contribution in [2.45, 2.75) is 21.8 Å². The molecule has 3 aromatic rings. The number of hydrogen-bond acceptors (Lipinski definition) is 14. The number of aromatic carboxylic acids is 2. The minimum atomic E-state index is -1.06. The van der Waals surface area contributed by atoms with Gasteiger partial charge in [0.15, 0.2) is 0 Å². The number of hydrogen-bond donors (Lipinski definition) is 6. The van der Waals surface area contributed by atoms with Gasteiger partial charge in [-0.3, -0.25) is 0 Å². The third-order valence-corrected chi connectivity index (χ3v) is 5.25. The zero-order chi connectivity index (χ0) is 37.2. The van der Waals surface area contributed by atoms with E-state index < -0.39 is 35.8 Å². The van der Waals surface area contributed by atoms with Gasteiger partial charge in [-0.25, -0.2) is 28.8 Å². The van der Waals surface area contributed by atoms with E-state index in [4.69, 9.17) is 44.8 Å². The van der Waals surface area contributed by atoms with Crippen LogP contribution in [0.15, 0.2) is 72.8 Å². The smallest absolute Gasteiger partial charge is 0.338 e. The Kier molecular flexibility index (Phi) is 28.5. The highest BCUT2D eigenvalue weighted by molar-refractivity contribution is 5.94. The topological polar surface area (TPSA) is 261 Å². The zero-order valence-corrected chi connectivity index (χ0v) is 26.6. The van der Waals surface area contributed by atoms with Crippen LogP contribution in [-0.4, -0.2) is 120 Å². The van der Waals surface area contributed by atoms with Crippen molar-refractivity contribution in [1.82, 2.24) is 0 Å². The van der Waals surface area contributed by atoms with Crippen molar-refractivity contribution in [2.24, 2.45) is 0 Å².